The fourth-order valence-electron chi connectivity index (χ4n) is 1.35. The van der Waals surface area contributed by atoms with E-state index < -0.39 is 4.92 Å². The predicted molar refractivity (Wildman–Crippen MR) is 73.3 cm³/mol. The molecule has 0 aliphatic carbocycles. The lowest BCUT2D eigenvalue weighted by Gasteiger charge is -2.05. The smallest absolute Gasteiger partial charge is 0.292 e. The van der Waals surface area contributed by atoms with Crippen LogP contribution in [-0.2, 0) is 0 Å². The Balaban J connectivity index is 2.33. The maximum atomic E-state index is 10.8. The Hall–Kier alpha value is -1.70. The maximum absolute atomic E-state index is 10.8. The highest BCUT2D eigenvalue weighted by Gasteiger charge is 2.12. The van der Waals surface area contributed by atoms with E-state index in [2.05, 4.69) is 32.9 Å². The lowest BCUT2D eigenvalue weighted by molar-refractivity contribution is -0.383. The number of nitrogens with one attached hydrogen (secondary N) is 1. The lowest BCUT2D eigenvalue weighted by Crippen LogP contribution is -1.98. The molecule has 0 amide bonds. The fourth-order valence-corrected chi connectivity index (χ4v) is 1.81. The molecule has 2 aromatic rings. The van der Waals surface area contributed by atoms with Crippen LogP contribution in [0.2, 0.25) is 0 Å². The van der Waals surface area contributed by atoms with Crippen LogP contribution < -0.4 is 5.32 Å². The van der Waals surface area contributed by atoms with Crippen molar-refractivity contribution < 1.29 is 4.92 Å². The zero-order valence-electron chi connectivity index (χ0n) is 8.63. The molecule has 0 aliphatic rings. The summed E-state index contributed by atoms with van der Waals surface area (Å²) in [7, 11) is 0. The van der Waals surface area contributed by atoms with E-state index in [1.165, 1.54) is 6.07 Å². The van der Waals surface area contributed by atoms with Crippen LogP contribution >= 0.6 is 22.6 Å². The number of nitrogens with zero attached hydrogens (tertiary/aromatic N) is 2. The summed E-state index contributed by atoms with van der Waals surface area (Å²) in [6.45, 7) is 0. The topological polar surface area (TPSA) is 68.1 Å². The van der Waals surface area contributed by atoms with Gasteiger partial charge in [-0.15, -0.1) is 0 Å². The fraction of sp³-hybridized carbons (Fsp3) is 0. The quantitative estimate of drug-likeness (QED) is 0.528. The normalized spacial score (nSPS) is 9.94. The van der Waals surface area contributed by atoms with E-state index in [0.29, 0.717) is 11.5 Å². The largest absolute Gasteiger partial charge is 0.335 e. The molecular weight excluding hydrogens is 333 g/mol. The average Bonchev–Trinajstić information content (AvgIpc) is 2.29. The number of anilines is 2. The molecule has 1 aromatic heterocycles. The first-order valence-electron chi connectivity index (χ1n) is 4.79. The van der Waals surface area contributed by atoms with Crippen LogP contribution in [-0.4, -0.2) is 9.91 Å². The van der Waals surface area contributed by atoms with Gasteiger partial charge in [-0.1, -0.05) is 12.1 Å². The van der Waals surface area contributed by atoms with Crippen LogP contribution in [0.5, 0.6) is 0 Å². The Labute approximate surface area is 111 Å². The molecule has 0 atom stereocenters. The van der Waals surface area contributed by atoms with Crippen LogP contribution in [0.3, 0.4) is 0 Å². The molecule has 17 heavy (non-hydrogen) atoms. The van der Waals surface area contributed by atoms with Gasteiger partial charge in [0, 0.05) is 15.8 Å². The molecule has 0 radical (unpaired) electrons. The third-order valence-corrected chi connectivity index (χ3v) is 2.76. The second-order valence-corrected chi connectivity index (χ2v) is 4.50. The van der Waals surface area contributed by atoms with Gasteiger partial charge in [-0.05, 0) is 40.8 Å². The molecule has 86 valence electrons. The number of benzene rings is 1. The average molecular weight is 341 g/mol. The molecule has 0 bridgehead atoms. The number of halogens is 1. The molecule has 1 N–H and O–H groups in total. The van der Waals surface area contributed by atoms with Crippen molar-refractivity contribution >= 4 is 39.8 Å². The number of nitro groups is 1. The van der Waals surface area contributed by atoms with Gasteiger partial charge in [0.2, 0.25) is 0 Å². The van der Waals surface area contributed by atoms with Crippen LogP contribution in [0.25, 0.3) is 0 Å². The number of rotatable bonds is 3. The molecule has 0 unspecified atom stereocenters. The monoisotopic (exact) mass is 341 g/mol. The van der Waals surface area contributed by atoms with Gasteiger partial charge in [-0.3, -0.25) is 10.1 Å². The van der Waals surface area contributed by atoms with E-state index in [0.717, 1.165) is 3.57 Å². The number of hydrogen-bond donors (Lipinski definition) is 1. The Morgan fingerprint density at radius 3 is 2.76 bits per heavy atom. The van der Waals surface area contributed by atoms with Crippen molar-refractivity contribution in [1.82, 2.24) is 4.98 Å². The summed E-state index contributed by atoms with van der Waals surface area (Å²) in [6, 6.07) is 10.1. The summed E-state index contributed by atoms with van der Waals surface area (Å²) < 4.78 is 1.01. The van der Waals surface area contributed by atoms with Crippen LogP contribution in [0.15, 0.2) is 42.6 Å². The summed E-state index contributed by atoms with van der Waals surface area (Å²) >= 11 is 2.16. The highest BCUT2D eigenvalue weighted by atomic mass is 127. The summed E-state index contributed by atoms with van der Waals surface area (Å²) in [6.07, 6.45) is 1.65. The van der Waals surface area contributed by atoms with Gasteiger partial charge in [0.05, 0.1) is 4.92 Å². The maximum Gasteiger partial charge on any atom is 0.292 e. The van der Waals surface area contributed by atoms with Crippen molar-refractivity contribution in [3.63, 3.8) is 0 Å². The minimum absolute atomic E-state index is 0.0353. The zero-order valence-corrected chi connectivity index (χ0v) is 10.8. The number of pyridine rings is 1. The van der Waals surface area contributed by atoms with Gasteiger partial charge in [-0.25, -0.2) is 4.98 Å². The van der Waals surface area contributed by atoms with Crippen molar-refractivity contribution in [3.05, 3.63) is 56.3 Å². The van der Waals surface area contributed by atoms with E-state index in [4.69, 9.17) is 0 Å². The molecule has 0 fully saturated rings. The molecule has 5 nitrogen and oxygen atoms in total. The number of nitro benzene ring substituents is 1. The summed E-state index contributed by atoms with van der Waals surface area (Å²) in [4.78, 5) is 14.5. The third kappa shape index (κ3) is 2.90. The van der Waals surface area contributed by atoms with Crippen molar-refractivity contribution in [1.29, 1.82) is 0 Å². The van der Waals surface area contributed by atoms with Gasteiger partial charge in [0.15, 0.2) is 0 Å². The number of hydrogen-bond acceptors (Lipinski definition) is 4. The van der Waals surface area contributed by atoms with Crippen molar-refractivity contribution in [2.24, 2.45) is 0 Å². The highest BCUT2D eigenvalue weighted by Crippen LogP contribution is 2.26. The van der Waals surface area contributed by atoms with E-state index in [1.807, 2.05) is 12.1 Å². The minimum Gasteiger partial charge on any atom is -0.335 e. The van der Waals surface area contributed by atoms with E-state index in [1.54, 1.807) is 24.4 Å². The zero-order chi connectivity index (χ0) is 12.3. The highest BCUT2D eigenvalue weighted by molar-refractivity contribution is 14.1. The predicted octanol–water partition coefficient (Wildman–Crippen LogP) is 3.34. The van der Waals surface area contributed by atoms with Gasteiger partial charge >= 0.3 is 0 Å². The second-order valence-electron chi connectivity index (χ2n) is 3.26. The van der Waals surface area contributed by atoms with Gasteiger partial charge in [0.25, 0.3) is 5.69 Å². The van der Waals surface area contributed by atoms with Gasteiger partial charge in [-0.2, -0.15) is 0 Å². The Bertz CT molecular complexity index is 560. The molecule has 0 aliphatic heterocycles. The third-order valence-electron chi connectivity index (χ3n) is 2.09. The van der Waals surface area contributed by atoms with E-state index in [-0.39, 0.29) is 5.69 Å². The Kier molecular flexibility index (Phi) is 3.52. The molecular formula is C11H8IN3O2. The molecule has 2 rings (SSSR count). The standard InChI is InChI=1S/C11H8IN3O2/c12-8-5-6-13-11(7-8)14-9-3-1-2-4-10(9)15(16)17/h1-7H,(H,13,14). The first-order valence-corrected chi connectivity index (χ1v) is 5.87. The molecule has 1 aromatic carbocycles. The number of aromatic nitrogens is 1. The van der Waals surface area contributed by atoms with E-state index in [9.17, 15) is 10.1 Å². The molecule has 6 heteroatoms. The minimum atomic E-state index is -0.420. The summed E-state index contributed by atoms with van der Waals surface area (Å²) in [5.74, 6) is 0.589. The Morgan fingerprint density at radius 1 is 1.29 bits per heavy atom. The van der Waals surface area contributed by atoms with Gasteiger partial charge in [0.1, 0.15) is 11.5 Å². The summed E-state index contributed by atoms with van der Waals surface area (Å²) in [5, 5.41) is 13.8. The first-order chi connectivity index (χ1) is 8.16. The van der Waals surface area contributed by atoms with Crippen molar-refractivity contribution in [2.75, 3.05) is 5.32 Å². The molecule has 0 saturated carbocycles. The molecule has 0 saturated heterocycles. The van der Waals surface area contributed by atoms with E-state index >= 15 is 0 Å². The molecule has 0 spiro atoms. The van der Waals surface area contributed by atoms with Crippen LogP contribution in [0.4, 0.5) is 17.2 Å². The van der Waals surface area contributed by atoms with Crippen molar-refractivity contribution in [2.45, 2.75) is 0 Å². The SMILES string of the molecule is O=[N+]([O-])c1ccccc1Nc1cc(I)ccn1. The number of para-hydroxylation sites is 2. The second kappa shape index (κ2) is 5.09. The van der Waals surface area contributed by atoms with Crippen molar-refractivity contribution in [3.8, 4) is 0 Å². The van der Waals surface area contributed by atoms with Crippen LogP contribution in [0, 0.1) is 13.7 Å². The van der Waals surface area contributed by atoms with Gasteiger partial charge < -0.3 is 5.32 Å². The van der Waals surface area contributed by atoms with Crippen LogP contribution in [0.1, 0.15) is 0 Å². The first kappa shape index (κ1) is 11.8. The lowest BCUT2D eigenvalue weighted by atomic mass is 10.2. The summed E-state index contributed by atoms with van der Waals surface area (Å²) in [5.41, 5.74) is 0.472. The molecule has 1 heterocycles. The Morgan fingerprint density at radius 2 is 2.06 bits per heavy atom.